The van der Waals surface area contributed by atoms with E-state index in [1.54, 1.807) is 0 Å². The quantitative estimate of drug-likeness (QED) is 0.698. The van der Waals surface area contributed by atoms with Crippen LogP contribution >= 0.6 is 0 Å². The molecule has 0 fully saturated rings. The summed E-state index contributed by atoms with van der Waals surface area (Å²) in [6.07, 6.45) is 0. The van der Waals surface area contributed by atoms with E-state index in [-0.39, 0.29) is 0 Å². The summed E-state index contributed by atoms with van der Waals surface area (Å²) in [6.45, 7) is 7.76. The lowest BCUT2D eigenvalue weighted by Gasteiger charge is -2.04. The second kappa shape index (κ2) is 4.63. The minimum absolute atomic E-state index is 0.840. The summed E-state index contributed by atoms with van der Waals surface area (Å²) in [7, 11) is 0. The Kier molecular flexibility index (Phi) is 2.93. The van der Waals surface area contributed by atoms with Crippen LogP contribution < -0.4 is 0 Å². The van der Waals surface area contributed by atoms with E-state index in [9.17, 15) is 0 Å². The normalized spacial score (nSPS) is 11.0. The topological polar surface area (TPSA) is 52.1 Å². The molecule has 0 unspecified atom stereocenters. The Morgan fingerprint density at radius 1 is 0.650 bits per heavy atom. The molecule has 0 saturated heterocycles. The molecule has 3 rings (SSSR count). The molecule has 0 spiro atoms. The molecule has 2 aromatic heterocycles. The van der Waals surface area contributed by atoms with Gasteiger partial charge in [0.15, 0.2) is 0 Å². The molecule has 3 aromatic rings. The number of aromatic nitrogens is 2. The first-order valence-electron chi connectivity index (χ1n) is 6.54. The molecule has 0 bridgehead atoms. The van der Waals surface area contributed by atoms with Crippen molar-refractivity contribution in [1.29, 1.82) is 0 Å². The summed E-state index contributed by atoms with van der Waals surface area (Å²) in [6, 6.07) is 8.31. The van der Waals surface area contributed by atoms with E-state index in [1.165, 1.54) is 0 Å². The minimum Gasteiger partial charge on any atom is -0.361 e. The van der Waals surface area contributed by atoms with Crippen molar-refractivity contribution in [1.82, 2.24) is 10.3 Å². The molecule has 2 heterocycles. The monoisotopic (exact) mass is 268 g/mol. The SMILES string of the molecule is Cc1noc(C)c1-c1ccc(-c2c(C)noc2C)cc1. The van der Waals surface area contributed by atoms with Crippen LogP contribution in [0.25, 0.3) is 22.3 Å². The van der Waals surface area contributed by atoms with E-state index in [0.717, 1.165) is 45.2 Å². The maximum Gasteiger partial charge on any atom is 0.141 e. The standard InChI is InChI=1S/C16H16N2O2/c1-9-15(11(3)19-17-9)13-5-7-14(8-6-13)16-10(2)18-20-12(16)4/h5-8H,1-4H3. The molecule has 0 radical (unpaired) electrons. The first-order chi connectivity index (χ1) is 9.58. The number of nitrogens with zero attached hydrogens (tertiary/aromatic N) is 2. The van der Waals surface area contributed by atoms with E-state index in [0.29, 0.717) is 0 Å². The zero-order chi connectivity index (χ0) is 14.3. The van der Waals surface area contributed by atoms with Gasteiger partial charge in [-0.3, -0.25) is 0 Å². The summed E-state index contributed by atoms with van der Waals surface area (Å²) in [5, 5.41) is 7.99. The largest absolute Gasteiger partial charge is 0.361 e. The van der Waals surface area contributed by atoms with Gasteiger partial charge in [-0.15, -0.1) is 0 Å². The summed E-state index contributed by atoms with van der Waals surface area (Å²) in [5.41, 5.74) is 6.17. The van der Waals surface area contributed by atoms with E-state index in [1.807, 2.05) is 27.7 Å². The molecule has 0 aliphatic heterocycles. The van der Waals surface area contributed by atoms with Crippen LogP contribution in [0.3, 0.4) is 0 Å². The van der Waals surface area contributed by atoms with Gasteiger partial charge < -0.3 is 9.05 Å². The van der Waals surface area contributed by atoms with Crippen molar-refractivity contribution in [2.45, 2.75) is 27.7 Å². The van der Waals surface area contributed by atoms with Crippen molar-refractivity contribution in [2.24, 2.45) is 0 Å². The highest BCUT2D eigenvalue weighted by Gasteiger charge is 2.14. The fourth-order valence-corrected chi connectivity index (χ4v) is 2.59. The van der Waals surface area contributed by atoms with Crippen molar-refractivity contribution in [3.05, 3.63) is 47.2 Å². The Hall–Kier alpha value is -2.36. The number of hydrogen-bond donors (Lipinski definition) is 0. The summed E-state index contributed by atoms with van der Waals surface area (Å²) < 4.78 is 10.4. The van der Waals surface area contributed by atoms with Crippen LogP contribution in [0.2, 0.25) is 0 Å². The van der Waals surface area contributed by atoms with Crippen LogP contribution in [0.15, 0.2) is 33.3 Å². The van der Waals surface area contributed by atoms with Gasteiger partial charge in [-0.1, -0.05) is 34.6 Å². The van der Waals surface area contributed by atoms with Crippen LogP contribution in [-0.4, -0.2) is 10.3 Å². The van der Waals surface area contributed by atoms with Crippen LogP contribution in [0.1, 0.15) is 22.9 Å². The Morgan fingerprint density at radius 3 is 1.25 bits per heavy atom. The average molecular weight is 268 g/mol. The molecule has 0 saturated carbocycles. The summed E-state index contributed by atoms with van der Waals surface area (Å²) in [5.74, 6) is 1.68. The van der Waals surface area contributed by atoms with Crippen LogP contribution in [0.5, 0.6) is 0 Å². The van der Waals surface area contributed by atoms with Crippen molar-refractivity contribution in [3.8, 4) is 22.3 Å². The van der Waals surface area contributed by atoms with Gasteiger partial charge in [0.25, 0.3) is 0 Å². The Balaban J connectivity index is 2.05. The van der Waals surface area contributed by atoms with E-state index in [2.05, 4.69) is 34.6 Å². The molecule has 0 amide bonds. The van der Waals surface area contributed by atoms with Gasteiger partial charge in [-0.05, 0) is 38.8 Å². The predicted molar refractivity (Wildman–Crippen MR) is 76.4 cm³/mol. The van der Waals surface area contributed by atoms with E-state index >= 15 is 0 Å². The second-order valence-corrected chi connectivity index (χ2v) is 4.98. The minimum atomic E-state index is 0.840. The lowest BCUT2D eigenvalue weighted by Crippen LogP contribution is -1.85. The predicted octanol–water partition coefficient (Wildman–Crippen LogP) is 4.23. The van der Waals surface area contributed by atoms with Crippen LogP contribution in [0.4, 0.5) is 0 Å². The molecule has 0 N–H and O–H groups in total. The Morgan fingerprint density at radius 2 is 1.00 bits per heavy atom. The summed E-state index contributed by atoms with van der Waals surface area (Å²) in [4.78, 5) is 0. The molecule has 4 heteroatoms. The average Bonchev–Trinajstić information content (AvgIpc) is 2.94. The van der Waals surface area contributed by atoms with Gasteiger partial charge in [-0.25, -0.2) is 0 Å². The fourth-order valence-electron chi connectivity index (χ4n) is 2.59. The number of hydrogen-bond acceptors (Lipinski definition) is 4. The fraction of sp³-hybridized carbons (Fsp3) is 0.250. The molecule has 0 aliphatic carbocycles. The van der Waals surface area contributed by atoms with Gasteiger partial charge in [0.1, 0.15) is 11.5 Å². The highest BCUT2D eigenvalue weighted by atomic mass is 16.5. The maximum absolute atomic E-state index is 5.22. The zero-order valence-corrected chi connectivity index (χ0v) is 12.0. The van der Waals surface area contributed by atoms with Gasteiger partial charge in [-0.2, -0.15) is 0 Å². The number of rotatable bonds is 2. The van der Waals surface area contributed by atoms with Crippen molar-refractivity contribution in [3.63, 3.8) is 0 Å². The second-order valence-electron chi connectivity index (χ2n) is 4.98. The molecule has 20 heavy (non-hydrogen) atoms. The zero-order valence-electron chi connectivity index (χ0n) is 12.0. The molecule has 102 valence electrons. The summed E-state index contributed by atoms with van der Waals surface area (Å²) >= 11 is 0. The third-order valence-electron chi connectivity index (χ3n) is 3.53. The molecule has 1 aromatic carbocycles. The van der Waals surface area contributed by atoms with Crippen LogP contribution in [0, 0.1) is 27.7 Å². The first kappa shape index (κ1) is 12.7. The number of aryl methyl sites for hydroxylation is 4. The van der Waals surface area contributed by atoms with E-state index in [4.69, 9.17) is 9.05 Å². The third kappa shape index (κ3) is 1.93. The van der Waals surface area contributed by atoms with Crippen LogP contribution in [-0.2, 0) is 0 Å². The number of benzene rings is 1. The Labute approximate surface area is 117 Å². The van der Waals surface area contributed by atoms with Gasteiger partial charge in [0.05, 0.1) is 11.4 Å². The molecule has 0 atom stereocenters. The Bertz CT molecular complexity index is 647. The van der Waals surface area contributed by atoms with Crippen molar-refractivity contribution < 1.29 is 9.05 Å². The maximum atomic E-state index is 5.22. The van der Waals surface area contributed by atoms with Crippen molar-refractivity contribution in [2.75, 3.05) is 0 Å². The van der Waals surface area contributed by atoms with Crippen molar-refractivity contribution >= 4 is 0 Å². The molecule has 4 nitrogen and oxygen atoms in total. The molecule has 0 aliphatic rings. The highest BCUT2D eigenvalue weighted by Crippen LogP contribution is 2.31. The first-order valence-corrected chi connectivity index (χ1v) is 6.54. The van der Waals surface area contributed by atoms with E-state index < -0.39 is 0 Å². The van der Waals surface area contributed by atoms with Gasteiger partial charge in [0, 0.05) is 11.1 Å². The molecular formula is C16H16N2O2. The van der Waals surface area contributed by atoms with Gasteiger partial charge in [0.2, 0.25) is 0 Å². The van der Waals surface area contributed by atoms with Gasteiger partial charge >= 0.3 is 0 Å². The lowest BCUT2D eigenvalue weighted by molar-refractivity contribution is 0.393. The third-order valence-corrected chi connectivity index (χ3v) is 3.53. The highest BCUT2D eigenvalue weighted by molar-refractivity contribution is 5.73. The molecular weight excluding hydrogens is 252 g/mol. The smallest absolute Gasteiger partial charge is 0.141 e. The lowest BCUT2D eigenvalue weighted by atomic mass is 9.99.